The van der Waals surface area contributed by atoms with Crippen molar-refractivity contribution in [1.82, 2.24) is 10.2 Å². The zero-order chi connectivity index (χ0) is 7.11. The second-order valence-electron chi connectivity index (χ2n) is 2.05. The lowest BCUT2D eigenvalue weighted by molar-refractivity contribution is 0.291. The highest BCUT2D eigenvalue weighted by molar-refractivity contribution is 6.92. The number of piperazine rings is 1. The second kappa shape index (κ2) is 9.09. The van der Waals surface area contributed by atoms with Crippen LogP contribution in [0.5, 0.6) is 0 Å². The van der Waals surface area contributed by atoms with Crippen LogP contribution in [0.3, 0.4) is 0 Å². The molecule has 0 bridgehead atoms. The molecule has 1 fully saturated rings. The van der Waals surface area contributed by atoms with Crippen LogP contribution < -0.4 is 5.32 Å². The molecular formula is C7H19N2P. The van der Waals surface area contributed by atoms with E-state index in [0.29, 0.717) is 0 Å². The van der Waals surface area contributed by atoms with Crippen LogP contribution in [0.2, 0.25) is 0 Å². The number of nitrogens with one attached hydrogen (secondary N) is 1. The van der Waals surface area contributed by atoms with Crippen molar-refractivity contribution >= 4 is 9.90 Å². The van der Waals surface area contributed by atoms with Crippen LogP contribution in [-0.2, 0) is 0 Å². The van der Waals surface area contributed by atoms with Crippen LogP contribution in [0.15, 0.2) is 13.2 Å². The van der Waals surface area contributed by atoms with Crippen molar-refractivity contribution in [2.24, 2.45) is 0 Å². The maximum absolute atomic E-state index is 3.27. The summed E-state index contributed by atoms with van der Waals surface area (Å²) in [6, 6.07) is 0. The van der Waals surface area contributed by atoms with Gasteiger partial charge in [-0.15, -0.1) is 13.2 Å². The first-order chi connectivity index (χ1) is 4.39. The molecule has 0 amide bonds. The summed E-state index contributed by atoms with van der Waals surface area (Å²) in [4.78, 5) is 2.33. The molecule has 1 N–H and O–H groups in total. The first-order valence-electron chi connectivity index (χ1n) is 3.29. The van der Waals surface area contributed by atoms with Gasteiger partial charge in [0.15, 0.2) is 0 Å². The van der Waals surface area contributed by atoms with Gasteiger partial charge in [-0.05, 0) is 7.05 Å². The lowest BCUT2D eigenvalue weighted by Crippen LogP contribution is -2.40. The zero-order valence-corrected chi connectivity index (χ0v) is 8.31. The van der Waals surface area contributed by atoms with Crippen molar-refractivity contribution in [1.29, 1.82) is 0 Å². The first kappa shape index (κ1) is 12.7. The molecule has 0 aromatic carbocycles. The van der Waals surface area contributed by atoms with Crippen molar-refractivity contribution in [2.45, 2.75) is 0 Å². The lowest BCUT2D eigenvalue weighted by Gasteiger charge is -2.21. The standard InChI is InChI=1S/C5H12N2.C2H4.H3P/c1-7-4-2-6-3-5-7;1-2;/h6H,2-5H2,1H3;1-2H2;1H3. The highest BCUT2D eigenvalue weighted by Gasteiger charge is 2.01. The fraction of sp³-hybridized carbons (Fsp3) is 0.714. The van der Waals surface area contributed by atoms with Crippen LogP contribution in [0.1, 0.15) is 0 Å². The summed E-state index contributed by atoms with van der Waals surface area (Å²) in [5, 5.41) is 3.27. The molecule has 0 saturated carbocycles. The van der Waals surface area contributed by atoms with Gasteiger partial charge >= 0.3 is 0 Å². The number of rotatable bonds is 0. The summed E-state index contributed by atoms with van der Waals surface area (Å²) in [6.07, 6.45) is 0. The maximum Gasteiger partial charge on any atom is 0.0104 e. The van der Waals surface area contributed by atoms with Gasteiger partial charge in [-0.2, -0.15) is 9.90 Å². The number of hydrogen-bond acceptors (Lipinski definition) is 2. The highest BCUT2D eigenvalue weighted by atomic mass is 31.0. The van der Waals surface area contributed by atoms with Gasteiger partial charge in [0.2, 0.25) is 0 Å². The van der Waals surface area contributed by atoms with Gasteiger partial charge in [-0.25, -0.2) is 0 Å². The van der Waals surface area contributed by atoms with Crippen LogP contribution in [-0.4, -0.2) is 38.1 Å². The molecule has 1 heterocycles. The topological polar surface area (TPSA) is 15.3 Å². The molecule has 0 aromatic heterocycles. The summed E-state index contributed by atoms with van der Waals surface area (Å²) >= 11 is 0. The largest absolute Gasteiger partial charge is 0.314 e. The summed E-state index contributed by atoms with van der Waals surface area (Å²) in [5.41, 5.74) is 0. The van der Waals surface area contributed by atoms with Crippen molar-refractivity contribution in [3.05, 3.63) is 13.2 Å². The number of hydrogen-bond donors (Lipinski definition) is 1. The fourth-order valence-electron chi connectivity index (χ4n) is 0.777. The van der Waals surface area contributed by atoms with Gasteiger partial charge in [-0.1, -0.05) is 0 Å². The monoisotopic (exact) mass is 162 g/mol. The third-order valence-corrected chi connectivity index (χ3v) is 1.34. The molecule has 2 nitrogen and oxygen atoms in total. The molecule has 1 atom stereocenters. The Hall–Kier alpha value is 0.0900. The van der Waals surface area contributed by atoms with E-state index in [-0.39, 0.29) is 9.90 Å². The van der Waals surface area contributed by atoms with Crippen molar-refractivity contribution < 1.29 is 0 Å². The zero-order valence-electron chi connectivity index (χ0n) is 6.90. The van der Waals surface area contributed by atoms with Crippen molar-refractivity contribution in [3.63, 3.8) is 0 Å². The van der Waals surface area contributed by atoms with Crippen LogP contribution in [0.25, 0.3) is 0 Å². The minimum absolute atomic E-state index is 0. The van der Waals surface area contributed by atoms with Crippen LogP contribution in [0.4, 0.5) is 0 Å². The van der Waals surface area contributed by atoms with Gasteiger partial charge in [0, 0.05) is 26.2 Å². The molecule has 62 valence electrons. The molecule has 1 rings (SSSR count). The average Bonchev–Trinajstić information content (AvgIpc) is 1.94. The van der Waals surface area contributed by atoms with Gasteiger partial charge in [-0.3, -0.25) is 0 Å². The van der Waals surface area contributed by atoms with E-state index in [9.17, 15) is 0 Å². The van der Waals surface area contributed by atoms with Gasteiger partial charge in [0.25, 0.3) is 0 Å². The van der Waals surface area contributed by atoms with Crippen LogP contribution >= 0.6 is 9.90 Å². The van der Waals surface area contributed by atoms with E-state index in [1.807, 2.05) is 0 Å². The maximum atomic E-state index is 3.27. The van der Waals surface area contributed by atoms with E-state index in [2.05, 4.69) is 30.4 Å². The molecule has 0 radical (unpaired) electrons. The molecule has 1 aliphatic heterocycles. The SMILES string of the molecule is C=C.CN1CCNCC1.P. The Kier molecular flexibility index (Phi) is 11.6. The van der Waals surface area contributed by atoms with E-state index >= 15 is 0 Å². The first-order valence-corrected chi connectivity index (χ1v) is 3.29. The molecule has 0 spiro atoms. The Morgan fingerprint density at radius 1 is 1.20 bits per heavy atom. The number of nitrogens with zero attached hydrogens (tertiary/aromatic N) is 1. The molecule has 0 aliphatic carbocycles. The predicted octanol–water partition coefficient (Wildman–Crippen LogP) is 0.382. The molecular weight excluding hydrogens is 143 g/mol. The quantitative estimate of drug-likeness (QED) is 0.409. The molecule has 10 heavy (non-hydrogen) atoms. The lowest BCUT2D eigenvalue weighted by atomic mass is 10.4. The Morgan fingerprint density at radius 2 is 1.60 bits per heavy atom. The summed E-state index contributed by atoms with van der Waals surface area (Å²) < 4.78 is 0. The minimum atomic E-state index is 0. The molecule has 1 aliphatic rings. The Balaban J connectivity index is 0. The fourth-order valence-corrected chi connectivity index (χ4v) is 0.777. The molecule has 1 saturated heterocycles. The van der Waals surface area contributed by atoms with Gasteiger partial charge in [0.05, 0.1) is 0 Å². The summed E-state index contributed by atoms with van der Waals surface area (Å²) in [7, 11) is 2.15. The van der Waals surface area contributed by atoms with E-state index in [0.717, 1.165) is 13.1 Å². The third kappa shape index (κ3) is 6.21. The number of likely N-dealkylation sites (N-methyl/N-ethyl adjacent to an activating group) is 1. The smallest absolute Gasteiger partial charge is 0.0104 e. The van der Waals surface area contributed by atoms with Crippen molar-refractivity contribution in [3.8, 4) is 0 Å². The Labute approximate surface area is 67.3 Å². The third-order valence-electron chi connectivity index (χ3n) is 1.34. The van der Waals surface area contributed by atoms with Gasteiger partial charge < -0.3 is 10.2 Å². The van der Waals surface area contributed by atoms with Crippen molar-refractivity contribution in [2.75, 3.05) is 33.2 Å². The minimum Gasteiger partial charge on any atom is -0.314 e. The van der Waals surface area contributed by atoms with E-state index in [1.54, 1.807) is 0 Å². The molecule has 3 heteroatoms. The second-order valence-corrected chi connectivity index (χ2v) is 2.05. The highest BCUT2D eigenvalue weighted by Crippen LogP contribution is 1.82. The van der Waals surface area contributed by atoms with E-state index < -0.39 is 0 Å². The summed E-state index contributed by atoms with van der Waals surface area (Å²) in [5.74, 6) is 0. The molecule has 1 unspecified atom stereocenters. The molecule has 0 aromatic rings. The van der Waals surface area contributed by atoms with Gasteiger partial charge in [0.1, 0.15) is 0 Å². The average molecular weight is 162 g/mol. The normalized spacial score (nSPS) is 18.1. The summed E-state index contributed by atoms with van der Waals surface area (Å²) in [6.45, 7) is 10.7. The predicted molar refractivity (Wildman–Crippen MR) is 52.7 cm³/mol. The van der Waals surface area contributed by atoms with E-state index in [4.69, 9.17) is 0 Å². The van der Waals surface area contributed by atoms with Crippen LogP contribution in [0, 0.1) is 0 Å². The van der Waals surface area contributed by atoms with E-state index in [1.165, 1.54) is 13.1 Å². The Morgan fingerprint density at radius 3 is 1.80 bits per heavy atom. The Bertz CT molecular complexity index is 62.6.